The monoisotopic (exact) mass is 327 g/mol. The molecule has 1 atom stereocenters. The first-order valence-electron chi connectivity index (χ1n) is 8.89. The lowest BCUT2D eigenvalue weighted by molar-refractivity contribution is 0.0972. The van der Waals surface area contributed by atoms with Gasteiger partial charge >= 0.3 is 0 Å². The first kappa shape index (κ1) is 18.5. The quantitative estimate of drug-likeness (QED) is 0.700. The molecule has 0 saturated heterocycles. The molecule has 0 radical (unpaired) electrons. The van der Waals surface area contributed by atoms with Gasteiger partial charge < -0.3 is 9.67 Å². The van der Waals surface area contributed by atoms with E-state index in [4.69, 9.17) is 0 Å². The second kappa shape index (κ2) is 8.84. The van der Waals surface area contributed by atoms with E-state index in [9.17, 15) is 9.90 Å². The molecule has 0 aliphatic heterocycles. The van der Waals surface area contributed by atoms with Crippen LogP contribution in [0.1, 0.15) is 59.9 Å². The molecule has 1 N–H and O–H groups in total. The number of hydrogen-bond donors (Lipinski definition) is 1. The molecule has 1 aromatic heterocycles. The number of carbonyl (C=O) groups is 1. The Kier molecular flexibility index (Phi) is 6.80. The van der Waals surface area contributed by atoms with Crippen molar-refractivity contribution in [2.45, 2.75) is 58.5 Å². The Morgan fingerprint density at radius 2 is 1.79 bits per heavy atom. The maximum absolute atomic E-state index is 12.4. The molecular weight excluding hydrogens is 298 g/mol. The summed E-state index contributed by atoms with van der Waals surface area (Å²) in [5.41, 5.74) is 4.52. The van der Waals surface area contributed by atoms with E-state index in [0.29, 0.717) is 6.42 Å². The van der Waals surface area contributed by atoms with Gasteiger partial charge in [-0.2, -0.15) is 0 Å². The Balaban J connectivity index is 1.83. The number of aliphatic hydroxyl groups is 1. The van der Waals surface area contributed by atoms with Crippen LogP contribution >= 0.6 is 0 Å². The number of aryl methyl sites for hydroxylation is 3. The Morgan fingerprint density at radius 3 is 2.46 bits per heavy atom. The van der Waals surface area contributed by atoms with E-state index in [1.807, 2.05) is 30.7 Å². The van der Waals surface area contributed by atoms with Crippen molar-refractivity contribution in [1.29, 1.82) is 0 Å². The lowest BCUT2D eigenvalue weighted by atomic mass is 10.0. The van der Waals surface area contributed by atoms with E-state index in [2.05, 4.69) is 31.2 Å². The minimum absolute atomic E-state index is 0.214. The van der Waals surface area contributed by atoms with Gasteiger partial charge in [-0.25, -0.2) is 0 Å². The van der Waals surface area contributed by atoms with Crippen LogP contribution in [0.4, 0.5) is 0 Å². The SMILES string of the molecule is Cc1ccc(CCCC(=O)c2ccc(CCCC(C)O)n2C)cc1. The number of carbonyl (C=O) groups excluding carboxylic acids is 1. The van der Waals surface area contributed by atoms with Gasteiger partial charge in [-0.15, -0.1) is 0 Å². The fourth-order valence-corrected chi connectivity index (χ4v) is 3.00. The van der Waals surface area contributed by atoms with Crippen LogP contribution in [0.25, 0.3) is 0 Å². The van der Waals surface area contributed by atoms with E-state index in [-0.39, 0.29) is 11.9 Å². The lowest BCUT2D eigenvalue weighted by Gasteiger charge is -2.08. The van der Waals surface area contributed by atoms with E-state index in [1.165, 1.54) is 11.1 Å². The first-order chi connectivity index (χ1) is 11.5. The van der Waals surface area contributed by atoms with Crippen molar-refractivity contribution in [2.24, 2.45) is 7.05 Å². The summed E-state index contributed by atoms with van der Waals surface area (Å²) in [6.07, 6.45) is 4.79. The molecule has 0 saturated carbocycles. The minimum atomic E-state index is -0.256. The summed E-state index contributed by atoms with van der Waals surface area (Å²) in [6, 6.07) is 12.5. The highest BCUT2D eigenvalue weighted by molar-refractivity contribution is 5.94. The van der Waals surface area contributed by atoms with Crippen molar-refractivity contribution in [3.8, 4) is 0 Å². The summed E-state index contributed by atoms with van der Waals surface area (Å²) in [5, 5.41) is 9.34. The van der Waals surface area contributed by atoms with Gasteiger partial charge in [0.1, 0.15) is 0 Å². The van der Waals surface area contributed by atoms with Gasteiger partial charge in [-0.05, 0) is 63.6 Å². The second-order valence-electron chi connectivity index (χ2n) is 6.77. The van der Waals surface area contributed by atoms with Crippen LogP contribution in [0.2, 0.25) is 0 Å². The van der Waals surface area contributed by atoms with Gasteiger partial charge in [0, 0.05) is 19.2 Å². The van der Waals surface area contributed by atoms with Crippen LogP contribution in [0, 0.1) is 6.92 Å². The molecule has 3 nitrogen and oxygen atoms in total. The van der Waals surface area contributed by atoms with Crippen LogP contribution in [0.3, 0.4) is 0 Å². The molecule has 1 aromatic carbocycles. The number of aliphatic hydroxyl groups excluding tert-OH is 1. The molecule has 2 rings (SSSR count). The number of nitrogens with zero attached hydrogens (tertiary/aromatic N) is 1. The second-order valence-corrected chi connectivity index (χ2v) is 6.77. The first-order valence-corrected chi connectivity index (χ1v) is 8.89. The number of rotatable bonds is 9. The summed E-state index contributed by atoms with van der Waals surface area (Å²) in [7, 11) is 1.96. The largest absolute Gasteiger partial charge is 0.393 e. The third-order valence-electron chi connectivity index (χ3n) is 4.56. The molecule has 0 spiro atoms. The average Bonchev–Trinajstić information content (AvgIpc) is 2.90. The van der Waals surface area contributed by atoms with E-state index in [0.717, 1.165) is 43.5 Å². The molecule has 24 heavy (non-hydrogen) atoms. The Hall–Kier alpha value is -1.87. The minimum Gasteiger partial charge on any atom is -0.393 e. The molecule has 0 aliphatic rings. The van der Waals surface area contributed by atoms with E-state index >= 15 is 0 Å². The molecular formula is C21H29NO2. The summed E-state index contributed by atoms with van der Waals surface area (Å²) < 4.78 is 2.01. The summed E-state index contributed by atoms with van der Waals surface area (Å²) >= 11 is 0. The summed E-state index contributed by atoms with van der Waals surface area (Å²) in [6.45, 7) is 3.90. The molecule has 3 heteroatoms. The Labute approximate surface area is 145 Å². The van der Waals surface area contributed by atoms with Crippen LogP contribution in [0.15, 0.2) is 36.4 Å². The van der Waals surface area contributed by atoms with Gasteiger partial charge in [-0.1, -0.05) is 29.8 Å². The lowest BCUT2D eigenvalue weighted by Crippen LogP contribution is -2.09. The molecule has 0 aliphatic carbocycles. The Bertz CT molecular complexity index is 653. The zero-order chi connectivity index (χ0) is 17.5. The predicted octanol–water partition coefficient (Wildman–Crippen LogP) is 4.24. The number of ketones is 1. The Morgan fingerprint density at radius 1 is 1.08 bits per heavy atom. The molecule has 0 fully saturated rings. The molecule has 2 aromatic rings. The smallest absolute Gasteiger partial charge is 0.179 e. The van der Waals surface area contributed by atoms with Gasteiger partial charge in [-0.3, -0.25) is 4.79 Å². The molecule has 0 amide bonds. The molecule has 130 valence electrons. The van der Waals surface area contributed by atoms with Gasteiger partial charge in [0.25, 0.3) is 0 Å². The summed E-state index contributed by atoms with van der Waals surface area (Å²) in [5.74, 6) is 0.214. The van der Waals surface area contributed by atoms with Gasteiger partial charge in [0.05, 0.1) is 11.8 Å². The van der Waals surface area contributed by atoms with Gasteiger partial charge in [0.2, 0.25) is 0 Å². The van der Waals surface area contributed by atoms with Gasteiger partial charge in [0.15, 0.2) is 5.78 Å². The van der Waals surface area contributed by atoms with Crippen LogP contribution in [-0.4, -0.2) is 21.6 Å². The van der Waals surface area contributed by atoms with Crippen LogP contribution < -0.4 is 0 Å². The van der Waals surface area contributed by atoms with Crippen LogP contribution in [-0.2, 0) is 19.9 Å². The maximum atomic E-state index is 12.4. The van der Waals surface area contributed by atoms with Crippen LogP contribution in [0.5, 0.6) is 0 Å². The highest BCUT2D eigenvalue weighted by Crippen LogP contribution is 2.15. The predicted molar refractivity (Wildman–Crippen MR) is 98.5 cm³/mol. The third-order valence-corrected chi connectivity index (χ3v) is 4.56. The van der Waals surface area contributed by atoms with Crippen molar-refractivity contribution < 1.29 is 9.90 Å². The fraction of sp³-hybridized carbons (Fsp3) is 0.476. The van der Waals surface area contributed by atoms with E-state index < -0.39 is 0 Å². The molecule has 1 heterocycles. The number of benzene rings is 1. The highest BCUT2D eigenvalue weighted by Gasteiger charge is 2.12. The standard InChI is InChI=1S/C21H29NO2/c1-16-10-12-18(13-11-16)7-5-9-21(24)20-15-14-19(22(20)3)8-4-6-17(2)23/h10-15,17,23H,4-9H2,1-3H3. The highest BCUT2D eigenvalue weighted by atomic mass is 16.3. The number of hydrogen-bond acceptors (Lipinski definition) is 2. The van der Waals surface area contributed by atoms with Crippen molar-refractivity contribution in [3.05, 3.63) is 58.9 Å². The normalized spacial score (nSPS) is 12.3. The molecule has 0 bridgehead atoms. The third kappa shape index (κ3) is 5.34. The maximum Gasteiger partial charge on any atom is 0.179 e. The average molecular weight is 327 g/mol. The van der Waals surface area contributed by atoms with Crippen molar-refractivity contribution in [1.82, 2.24) is 4.57 Å². The van der Waals surface area contributed by atoms with Crippen molar-refractivity contribution in [3.63, 3.8) is 0 Å². The topological polar surface area (TPSA) is 42.2 Å². The van der Waals surface area contributed by atoms with Crippen molar-refractivity contribution >= 4 is 5.78 Å². The number of Topliss-reactive ketones (excluding diaryl/α,β-unsaturated/α-hetero) is 1. The fourth-order valence-electron chi connectivity index (χ4n) is 3.00. The van der Waals surface area contributed by atoms with E-state index in [1.54, 1.807) is 0 Å². The molecule has 1 unspecified atom stereocenters. The number of aromatic nitrogens is 1. The zero-order valence-corrected chi connectivity index (χ0v) is 15.1. The zero-order valence-electron chi connectivity index (χ0n) is 15.1. The summed E-state index contributed by atoms with van der Waals surface area (Å²) in [4.78, 5) is 12.4. The van der Waals surface area contributed by atoms with Crippen molar-refractivity contribution in [2.75, 3.05) is 0 Å².